The van der Waals surface area contributed by atoms with Crippen LogP contribution >= 0.6 is 11.3 Å². The van der Waals surface area contributed by atoms with E-state index in [9.17, 15) is 4.79 Å². The number of benzene rings is 2. The molecule has 1 aromatic heterocycles. The van der Waals surface area contributed by atoms with Crippen molar-refractivity contribution in [2.75, 3.05) is 52.8 Å². The summed E-state index contributed by atoms with van der Waals surface area (Å²) in [6.45, 7) is 5.18. The Morgan fingerprint density at radius 3 is 2.59 bits per heavy atom. The Bertz CT molecular complexity index is 1080. The number of carbonyl (C=O) groups excluding carboxylic acids is 1. The fourth-order valence-electron chi connectivity index (χ4n) is 3.69. The molecule has 168 valence electrons. The van der Waals surface area contributed by atoms with Crippen LogP contribution in [-0.4, -0.2) is 68.1 Å². The van der Waals surface area contributed by atoms with Crippen LogP contribution in [0.25, 0.3) is 10.6 Å². The van der Waals surface area contributed by atoms with Crippen molar-refractivity contribution in [2.45, 2.75) is 6.54 Å². The highest BCUT2D eigenvalue weighted by Gasteiger charge is 2.16. The van der Waals surface area contributed by atoms with Crippen LogP contribution < -0.4 is 14.8 Å². The van der Waals surface area contributed by atoms with Crippen LogP contribution in [0.1, 0.15) is 16.1 Å². The molecule has 2 heterocycles. The second-order valence-electron chi connectivity index (χ2n) is 7.84. The molecule has 0 bridgehead atoms. The molecule has 0 radical (unpaired) electrons. The van der Waals surface area contributed by atoms with E-state index in [1.807, 2.05) is 36.4 Å². The highest BCUT2D eigenvalue weighted by Crippen LogP contribution is 2.33. The number of rotatable bonds is 7. The van der Waals surface area contributed by atoms with Crippen LogP contribution in [0.3, 0.4) is 0 Å². The van der Waals surface area contributed by atoms with E-state index in [2.05, 4.69) is 33.2 Å². The van der Waals surface area contributed by atoms with E-state index in [1.54, 1.807) is 19.6 Å². The number of ether oxygens (including phenoxy) is 2. The molecular weight excluding hydrogens is 424 g/mol. The van der Waals surface area contributed by atoms with Gasteiger partial charge in [0.2, 0.25) is 0 Å². The second-order valence-corrected chi connectivity index (χ2v) is 8.70. The average molecular weight is 453 g/mol. The predicted octanol–water partition coefficient (Wildman–Crippen LogP) is 3.83. The Morgan fingerprint density at radius 2 is 1.84 bits per heavy atom. The second kappa shape index (κ2) is 10.1. The zero-order valence-electron chi connectivity index (χ0n) is 18.6. The number of nitrogens with zero attached hydrogens (tertiary/aromatic N) is 3. The van der Waals surface area contributed by atoms with E-state index in [1.165, 1.54) is 16.9 Å². The van der Waals surface area contributed by atoms with Crippen molar-refractivity contribution >= 4 is 22.9 Å². The van der Waals surface area contributed by atoms with Crippen molar-refractivity contribution in [1.29, 1.82) is 0 Å². The Labute approximate surface area is 192 Å². The van der Waals surface area contributed by atoms with Gasteiger partial charge in [-0.2, -0.15) is 0 Å². The Morgan fingerprint density at radius 1 is 1.06 bits per heavy atom. The first-order valence-corrected chi connectivity index (χ1v) is 11.4. The number of amides is 1. The van der Waals surface area contributed by atoms with E-state index in [0.29, 0.717) is 17.2 Å². The number of hydrogen-bond acceptors (Lipinski definition) is 7. The lowest BCUT2D eigenvalue weighted by molar-refractivity contribution is 0.102. The molecule has 1 N–H and O–H groups in total. The van der Waals surface area contributed by atoms with Gasteiger partial charge in [-0.15, -0.1) is 11.3 Å². The summed E-state index contributed by atoms with van der Waals surface area (Å²) in [6, 6.07) is 13.6. The molecule has 7 nitrogen and oxygen atoms in total. The molecule has 0 unspecified atom stereocenters. The van der Waals surface area contributed by atoms with Gasteiger partial charge in [0.05, 0.1) is 14.2 Å². The number of aromatic nitrogens is 1. The van der Waals surface area contributed by atoms with Gasteiger partial charge in [0.25, 0.3) is 5.91 Å². The minimum atomic E-state index is -0.218. The number of nitrogens with one attached hydrogen (secondary N) is 1. The van der Waals surface area contributed by atoms with Gasteiger partial charge in [0.15, 0.2) is 11.5 Å². The van der Waals surface area contributed by atoms with Gasteiger partial charge in [0.1, 0.15) is 10.7 Å². The summed E-state index contributed by atoms with van der Waals surface area (Å²) >= 11 is 1.42. The number of piperazine rings is 1. The molecule has 0 atom stereocenters. The van der Waals surface area contributed by atoms with Crippen LogP contribution in [0.5, 0.6) is 11.5 Å². The fraction of sp³-hybridized carbons (Fsp3) is 0.333. The number of hydrogen-bond donors (Lipinski definition) is 1. The number of thiazole rings is 1. The topological polar surface area (TPSA) is 66.9 Å². The molecule has 1 aliphatic heterocycles. The first-order valence-electron chi connectivity index (χ1n) is 10.5. The largest absolute Gasteiger partial charge is 0.493 e. The number of anilines is 1. The monoisotopic (exact) mass is 452 g/mol. The third-order valence-corrected chi connectivity index (χ3v) is 6.45. The first-order chi connectivity index (χ1) is 15.6. The summed E-state index contributed by atoms with van der Waals surface area (Å²) in [5.74, 6) is 1.07. The molecule has 2 aromatic carbocycles. The molecule has 0 saturated carbocycles. The van der Waals surface area contributed by atoms with Crippen LogP contribution in [0.15, 0.2) is 47.8 Å². The molecule has 8 heteroatoms. The number of methoxy groups -OCH3 is 2. The molecule has 1 fully saturated rings. The Balaban J connectivity index is 1.42. The maximum absolute atomic E-state index is 12.8. The summed E-state index contributed by atoms with van der Waals surface area (Å²) in [4.78, 5) is 22.1. The van der Waals surface area contributed by atoms with Crippen LogP contribution in [0, 0.1) is 0 Å². The van der Waals surface area contributed by atoms with E-state index in [4.69, 9.17) is 9.47 Å². The normalized spacial score (nSPS) is 14.8. The number of carbonyl (C=O) groups is 1. The van der Waals surface area contributed by atoms with Gasteiger partial charge in [-0.3, -0.25) is 9.69 Å². The number of likely N-dealkylation sites (N-methyl/N-ethyl adjacent to an activating group) is 1. The molecule has 1 aliphatic rings. The van der Waals surface area contributed by atoms with Crippen molar-refractivity contribution in [3.8, 4) is 22.1 Å². The van der Waals surface area contributed by atoms with E-state index in [0.717, 1.165) is 49.0 Å². The minimum absolute atomic E-state index is 0.218. The highest BCUT2D eigenvalue weighted by molar-refractivity contribution is 7.13. The zero-order valence-corrected chi connectivity index (χ0v) is 19.4. The van der Waals surface area contributed by atoms with Crippen LogP contribution in [-0.2, 0) is 6.54 Å². The molecule has 4 rings (SSSR count). The van der Waals surface area contributed by atoms with Crippen molar-refractivity contribution in [2.24, 2.45) is 0 Å². The fourth-order valence-corrected chi connectivity index (χ4v) is 4.48. The van der Waals surface area contributed by atoms with Crippen molar-refractivity contribution in [3.63, 3.8) is 0 Å². The van der Waals surface area contributed by atoms with Gasteiger partial charge < -0.3 is 19.7 Å². The molecule has 1 saturated heterocycles. The molecule has 32 heavy (non-hydrogen) atoms. The molecule has 1 amide bonds. The minimum Gasteiger partial charge on any atom is -0.493 e. The van der Waals surface area contributed by atoms with Crippen molar-refractivity contribution < 1.29 is 14.3 Å². The SMILES string of the molecule is COc1ccc(-c2nc(C(=O)Nc3cccc(CN4CCN(C)CC4)c3)cs2)cc1OC. The van der Waals surface area contributed by atoms with Gasteiger partial charge in [-0.25, -0.2) is 4.98 Å². The van der Waals surface area contributed by atoms with E-state index in [-0.39, 0.29) is 5.91 Å². The van der Waals surface area contributed by atoms with Crippen molar-refractivity contribution in [3.05, 3.63) is 59.1 Å². The quantitative estimate of drug-likeness (QED) is 0.588. The predicted molar refractivity (Wildman–Crippen MR) is 128 cm³/mol. The lowest BCUT2D eigenvalue weighted by atomic mass is 10.1. The maximum atomic E-state index is 12.8. The molecule has 3 aromatic rings. The van der Waals surface area contributed by atoms with Gasteiger partial charge in [-0.05, 0) is 42.9 Å². The summed E-state index contributed by atoms with van der Waals surface area (Å²) in [5.41, 5.74) is 3.24. The third kappa shape index (κ3) is 5.27. The third-order valence-electron chi connectivity index (χ3n) is 5.55. The van der Waals surface area contributed by atoms with E-state index >= 15 is 0 Å². The van der Waals surface area contributed by atoms with Crippen molar-refractivity contribution in [1.82, 2.24) is 14.8 Å². The Kier molecular flexibility index (Phi) is 7.04. The lowest BCUT2D eigenvalue weighted by Crippen LogP contribution is -2.43. The summed E-state index contributed by atoms with van der Waals surface area (Å²) in [7, 11) is 5.35. The smallest absolute Gasteiger partial charge is 0.275 e. The lowest BCUT2D eigenvalue weighted by Gasteiger charge is -2.32. The summed E-state index contributed by atoms with van der Waals surface area (Å²) < 4.78 is 10.7. The van der Waals surface area contributed by atoms with Crippen LogP contribution in [0.2, 0.25) is 0 Å². The summed E-state index contributed by atoms with van der Waals surface area (Å²) in [5, 5.41) is 5.51. The van der Waals surface area contributed by atoms with Crippen LogP contribution in [0.4, 0.5) is 5.69 Å². The summed E-state index contributed by atoms with van der Waals surface area (Å²) in [6.07, 6.45) is 0. The highest BCUT2D eigenvalue weighted by atomic mass is 32.1. The molecule has 0 aliphatic carbocycles. The average Bonchev–Trinajstić information content (AvgIpc) is 3.31. The van der Waals surface area contributed by atoms with Gasteiger partial charge in [0, 0.05) is 49.4 Å². The maximum Gasteiger partial charge on any atom is 0.275 e. The first kappa shape index (κ1) is 22.3. The standard InChI is InChI=1S/C24H28N4O3S/c1-27-9-11-28(12-10-27)15-17-5-4-6-19(13-17)25-23(29)20-16-32-24(26-20)18-7-8-21(30-2)22(14-18)31-3/h4-8,13-14,16H,9-12,15H2,1-3H3,(H,25,29). The zero-order chi connectivity index (χ0) is 22.5. The van der Waals surface area contributed by atoms with Gasteiger partial charge >= 0.3 is 0 Å². The molecular formula is C24H28N4O3S. The van der Waals surface area contributed by atoms with E-state index < -0.39 is 0 Å². The van der Waals surface area contributed by atoms with Gasteiger partial charge in [-0.1, -0.05) is 12.1 Å². The Hall–Kier alpha value is -2.94. The molecule has 0 spiro atoms.